The second-order valence-electron chi connectivity index (χ2n) is 3.78. The molecule has 4 nitrogen and oxygen atoms in total. The van der Waals surface area contributed by atoms with Crippen molar-refractivity contribution in [2.24, 2.45) is 5.10 Å². The SMILES string of the molecule is Cc1scc(C(=O)N/N=C\c2ccccn2)c1C. The second-order valence-corrected chi connectivity index (χ2v) is 4.87. The average molecular weight is 259 g/mol. The predicted molar refractivity (Wildman–Crippen MR) is 73.1 cm³/mol. The molecular weight excluding hydrogens is 246 g/mol. The van der Waals surface area contributed by atoms with Gasteiger partial charge in [0.1, 0.15) is 0 Å². The third-order valence-electron chi connectivity index (χ3n) is 2.58. The molecule has 2 rings (SSSR count). The van der Waals surface area contributed by atoms with E-state index < -0.39 is 0 Å². The van der Waals surface area contributed by atoms with Crippen LogP contribution in [0.2, 0.25) is 0 Å². The zero-order chi connectivity index (χ0) is 13.0. The molecule has 0 saturated heterocycles. The maximum Gasteiger partial charge on any atom is 0.272 e. The molecule has 0 bridgehead atoms. The molecule has 1 N–H and O–H groups in total. The van der Waals surface area contributed by atoms with Crippen LogP contribution in [0.3, 0.4) is 0 Å². The summed E-state index contributed by atoms with van der Waals surface area (Å²) in [6, 6.07) is 5.51. The Hall–Kier alpha value is -2.01. The smallest absolute Gasteiger partial charge is 0.267 e. The summed E-state index contributed by atoms with van der Waals surface area (Å²) in [5.41, 5.74) is 4.89. The Balaban J connectivity index is 2.01. The quantitative estimate of drug-likeness (QED) is 0.680. The summed E-state index contributed by atoms with van der Waals surface area (Å²) in [6.45, 7) is 3.93. The van der Waals surface area contributed by atoms with Gasteiger partial charge in [0, 0.05) is 16.5 Å². The standard InChI is InChI=1S/C13H13N3OS/c1-9-10(2)18-8-12(9)13(17)16-15-7-11-5-3-4-6-14-11/h3-8H,1-2H3,(H,16,17)/b15-7-. The van der Waals surface area contributed by atoms with Gasteiger partial charge in [0.2, 0.25) is 0 Å². The van der Waals surface area contributed by atoms with Crippen molar-refractivity contribution < 1.29 is 4.79 Å². The van der Waals surface area contributed by atoms with Crippen LogP contribution in [0.1, 0.15) is 26.5 Å². The first-order valence-corrected chi connectivity index (χ1v) is 6.35. The minimum atomic E-state index is -0.191. The fraction of sp³-hybridized carbons (Fsp3) is 0.154. The molecule has 5 heteroatoms. The van der Waals surface area contributed by atoms with Gasteiger partial charge in [0.25, 0.3) is 5.91 Å². The normalized spacial score (nSPS) is 10.8. The number of aromatic nitrogens is 1. The van der Waals surface area contributed by atoms with Gasteiger partial charge in [-0.3, -0.25) is 9.78 Å². The van der Waals surface area contributed by atoms with Crippen molar-refractivity contribution in [1.82, 2.24) is 10.4 Å². The molecule has 0 radical (unpaired) electrons. The van der Waals surface area contributed by atoms with Crippen LogP contribution in [-0.4, -0.2) is 17.1 Å². The molecular formula is C13H13N3OS. The second kappa shape index (κ2) is 5.55. The number of pyridine rings is 1. The van der Waals surface area contributed by atoms with E-state index >= 15 is 0 Å². The average Bonchev–Trinajstić information content (AvgIpc) is 2.71. The number of nitrogens with zero attached hydrogens (tertiary/aromatic N) is 2. The molecule has 18 heavy (non-hydrogen) atoms. The Bertz CT molecular complexity index is 575. The van der Waals surface area contributed by atoms with E-state index in [1.807, 2.05) is 37.4 Å². The Morgan fingerprint density at radius 1 is 1.44 bits per heavy atom. The topological polar surface area (TPSA) is 54.4 Å². The molecule has 0 unspecified atom stereocenters. The van der Waals surface area contributed by atoms with Crippen molar-refractivity contribution >= 4 is 23.5 Å². The third kappa shape index (κ3) is 2.81. The van der Waals surface area contributed by atoms with E-state index in [1.165, 1.54) is 6.21 Å². The predicted octanol–water partition coefficient (Wildman–Crippen LogP) is 2.52. The largest absolute Gasteiger partial charge is 0.272 e. The van der Waals surface area contributed by atoms with Gasteiger partial charge in [0.15, 0.2) is 0 Å². The Kier molecular flexibility index (Phi) is 3.84. The number of rotatable bonds is 3. The molecule has 0 atom stereocenters. The highest BCUT2D eigenvalue weighted by atomic mass is 32.1. The zero-order valence-electron chi connectivity index (χ0n) is 10.2. The number of amides is 1. The first kappa shape index (κ1) is 12.4. The van der Waals surface area contributed by atoms with E-state index in [1.54, 1.807) is 17.5 Å². The highest BCUT2D eigenvalue weighted by Gasteiger charge is 2.11. The first-order chi connectivity index (χ1) is 8.68. The van der Waals surface area contributed by atoms with Gasteiger partial charge in [0.05, 0.1) is 17.5 Å². The van der Waals surface area contributed by atoms with Crippen LogP contribution < -0.4 is 5.43 Å². The van der Waals surface area contributed by atoms with Gasteiger partial charge in [-0.2, -0.15) is 5.10 Å². The van der Waals surface area contributed by atoms with Crippen LogP contribution in [-0.2, 0) is 0 Å². The Labute approximate surface area is 109 Å². The van der Waals surface area contributed by atoms with Crippen LogP contribution in [0, 0.1) is 13.8 Å². The maximum absolute atomic E-state index is 11.8. The van der Waals surface area contributed by atoms with Crippen LogP contribution in [0.4, 0.5) is 0 Å². The van der Waals surface area contributed by atoms with Crippen LogP contribution in [0.15, 0.2) is 34.9 Å². The Morgan fingerprint density at radius 2 is 2.28 bits per heavy atom. The highest BCUT2D eigenvalue weighted by Crippen LogP contribution is 2.20. The van der Waals surface area contributed by atoms with E-state index in [9.17, 15) is 4.79 Å². The highest BCUT2D eigenvalue weighted by molar-refractivity contribution is 7.10. The minimum absolute atomic E-state index is 0.191. The van der Waals surface area contributed by atoms with E-state index in [-0.39, 0.29) is 5.91 Å². The first-order valence-electron chi connectivity index (χ1n) is 5.47. The number of nitrogens with one attached hydrogen (secondary N) is 1. The van der Waals surface area contributed by atoms with Crippen LogP contribution >= 0.6 is 11.3 Å². The molecule has 2 heterocycles. The summed E-state index contributed by atoms with van der Waals surface area (Å²) < 4.78 is 0. The summed E-state index contributed by atoms with van der Waals surface area (Å²) in [4.78, 5) is 17.0. The van der Waals surface area contributed by atoms with Crippen molar-refractivity contribution in [3.05, 3.63) is 51.5 Å². The van der Waals surface area contributed by atoms with E-state index in [0.29, 0.717) is 11.3 Å². The number of carbonyl (C=O) groups is 1. The third-order valence-corrected chi connectivity index (χ3v) is 3.59. The van der Waals surface area contributed by atoms with Gasteiger partial charge in [-0.15, -0.1) is 11.3 Å². The minimum Gasteiger partial charge on any atom is -0.267 e. The molecule has 0 fully saturated rings. The fourth-order valence-corrected chi connectivity index (χ4v) is 2.27. The van der Waals surface area contributed by atoms with Crippen molar-refractivity contribution in [1.29, 1.82) is 0 Å². The summed E-state index contributed by atoms with van der Waals surface area (Å²) in [5.74, 6) is -0.191. The van der Waals surface area contributed by atoms with Gasteiger partial charge < -0.3 is 0 Å². The Morgan fingerprint density at radius 3 is 2.89 bits per heavy atom. The summed E-state index contributed by atoms with van der Waals surface area (Å²) >= 11 is 1.56. The van der Waals surface area contributed by atoms with Crippen molar-refractivity contribution in [2.75, 3.05) is 0 Å². The van der Waals surface area contributed by atoms with Crippen molar-refractivity contribution in [3.63, 3.8) is 0 Å². The molecule has 2 aromatic rings. The van der Waals surface area contributed by atoms with Gasteiger partial charge in [-0.25, -0.2) is 5.43 Å². The fourth-order valence-electron chi connectivity index (χ4n) is 1.41. The lowest BCUT2D eigenvalue weighted by atomic mass is 10.2. The summed E-state index contributed by atoms with van der Waals surface area (Å²) in [6.07, 6.45) is 3.20. The molecule has 0 aliphatic rings. The van der Waals surface area contributed by atoms with Crippen LogP contribution in [0.25, 0.3) is 0 Å². The van der Waals surface area contributed by atoms with Crippen LogP contribution in [0.5, 0.6) is 0 Å². The zero-order valence-corrected chi connectivity index (χ0v) is 11.0. The molecule has 1 amide bonds. The van der Waals surface area contributed by atoms with E-state index in [4.69, 9.17) is 0 Å². The summed E-state index contributed by atoms with van der Waals surface area (Å²) in [7, 11) is 0. The summed E-state index contributed by atoms with van der Waals surface area (Å²) in [5, 5.41) is 5.73. The number of hydrogen-bond donors (Lipinski definition) is 1. The van der Waals surface area contributed by atoms with Gasteiger partial charge in [-0.1, -0.05) is 6.07 Å². The lowest BCUT2D eigenvalue weighted by molar-refractivity contribution is 0.0955. The molecule has 2 aromatic heterocycles. The van der Waals surface area contributed by atoms with Gasteiger partial charge in [-0.05, 0) is 31.5 Å². The number of thiophene rings is 1. The lowest BCUT2D eigenvalue weighted by Gasteiger charge is -1.98. The van der Waals surface area contributed by atoms with Crippen molar-refractivity contribution in [3.8, 4) is 0 Å². The number of aryl methyl sites for hydroxylation is 1. The number of carbonyl (C=O) groups excluding carboxylic acids is 1. The molecule has 0 aliphatic heterocycles. The molecule has 0 aliphatic carbocycles. The molecule has 0 aromatic carbocycles. The lowest BCUT2D eigenvalue weighted by Crippen LogP contribution is -2.17. The number of hydrazone groups is 1. The number of hydrogen-bond acceptors (Lipinski definition) is 4. The molecule has 0 spiro atoms. The molecule has 0 saturated carbocycles. The molecule has 92 valence electrons. The monoisotopic (exact) mass is 259 g/mol. The van der Waals surface area contributed by atoms with Crippen molar-refractivity contribution in [2.45, 2.75) is 13.8 Å². The van der Waals surface area contributed by atoms with E-state index in [2.05, 4.69) is 15.5 Å². The van der Waals surface area contributed by atoms with E-state index in [0.717, 1.165) is 10.4 Å². The maximum atomic E-state index is 11.8. The van der Waals surface area contributed by atoms with Gasteiger partial charge >= 0.3 is 0 Å².